The lowest BCUT2D eigenvalue weighted by molar-refractivity contribution is -0.118. The Morgan fingerprint density at radius 2 is 1.65 bits per heavy atom. The van der Waals surface area contributed by atoms with Crippen LogP contribution in [0.15, 0.2) is 24.3 Å². The second kappa shape index (κ2) is 5.21. The fraction of sp³-hybridized carbons (Fsp3) is 0.500. The van der Waals surface area contributed by atoms with E-state index in [2.05, 4.69) is 43.0 Å². The highest BCUT2D eigenvalue weighted by molar-refractivity contribution is 5.51. The van der Waals surface area contributed by atoms with E-state index in [0.29, 0.717) is 5.92 Å². The van der Waals surface area contributed by atoms with E-state index in [1.165, 1.54) is 11.3 Å². The Morgan fingerprint density at radius 3 is 2.12 bits per heavy atom. The maximum Gasteiger partial charge on any atom is 0.209 e. The number of carbonyl (C=O) groups excluding carboxylic acids is 1. The summed E-state index contributed by atoms with van der Waals surface area (Å²) in [6, 6.07) is 8.77. The van der Waals surface area contributed by atoms with Crippen LogP contribution in [0.1, 0.15) is 25.3 Å². The van der Waals surface area contributed by atoms with Gasteiger partial charge >= 0.3 is 0 Å². The molecule has 0 unspecified atom stereocenters. The summed E-state index contributed by atoms with van der Waals surface area (Å²) in [7, 11) is 0. The van der Waals surface area contributed by atoms with Crippen molar-refractivity contribution >= 4 is 12.1 Å². The summed E-state index contributed by atoms with van der Waals surface area (Å²) in [5, 5.41) is 0. The molecule has 0 spiro atoms. The monoisotopic (exact) mass is 232 g/mol. The average Bonchev–Trinajstić information content (AvgIpc) is 2.39. The van der Waals surface area contributed by atoms with E-state index in [4.69, 9.17) is 0 Å². The second-order valence-corrected chi connectivity index (χ2v) is 4.87. The Balaban J connectivity index is 2.01. The Hall–Kier alpha value is -1.51. The maximum absolute atomic E-state index is 10.6. The largest absolute Gasteiger partial charge is 0.368 e. The Labute approximate surface area is 103 Å². The van der Waals surface area contributed by atoms with Gasteiger partial charge in [0.25, 0.3) is 0 Å². The van der Waals surface area contributed by atoms with Crippen LogP contribution in [-0.4, -0.2) is 37.5 Å². The highest BCUT2D eigenvalue weighted by Crippen LogP contribution is 2.20. The van der Waals surface area contributed by atoms with Crippen LogP contribution >= 0.6 is 0 Å². The van der Waals surface area contributed by atoms with Gasteiger partial charge in [0.15, 0.2) is 0 Å². The molecule has 92 valence electrons. The van der Waals surface area contributed by atoms with Crippen LogP contribution in [0.25, 0.3) is 0 Å². The third-order valence-corrected chi connectivity index (χ3v) is 3.39. The molecule has 1 aromatic carbocycles. The summed E-state index contributed by atoms with van der Waals surface area (Å²) < 4.78 is 0. The van der Waals surface area contributed by atoms with Crippen molar-refractivity contribution in [3.05, 3.63) is 29.8 Å². The standard InChI is InChI=1S/C14H20N2O/c1-12(2)13-3-5-14(6-4-13)16-9-7-15(11-17)8-10-16/h3-6,11-12H,7-10H2,1-2H3. The van der Waals surface area contributed by atoms with Crippen molar-refractivity contribution in [2.45, 2.75) is 19.8 Å². The van der Waals surface area contributed by atoms with Crippen molar-refractivity contribution in [1.82, 2.24) is 4.90 Å². The molecule has 1 heterocycles. The molecule has 0 aliphatic carbocycles. The van der Waals surface area contributed by atoms with Crippen LogP contribution in [-0.2, 0) is 4.79 Å². The van der Waals surface area contributed by atoms with Crippen LogP contribution in [0.3, 0.4) is 0 Å². The molecule has 0 aromatic heterocycles. The van der Waals surface area contributed by atoms with Crippen LogP contribution in [0, 0.1) is 0 Å². The van der Waals surface area contributed by atoms with Gasteiger partial charge in [0.1, 0.15) is 0 Å². The first kappa shape index (κ1) is 12.0. The van der Waals surface area contributed by atoms with Gasteiger partial charge in [-0.25, -0.2) is 0 Å². The lowest BCUT2D eigenvalue weighted by Gasteiger charge is -2.34. The average molecular weight is 232 g/mol. The summed E-state index contributed by atoms with van der Waals surface area (Å²) in [6.07, 6.45) is 0.944. The van der Waals surface area contributed by atoms with Crippen LogP contribution in [0.4, 0.5) is 5.69 Å². The molecule has 1 aliphatic heterocycles. The number of nitrogens with zero attached hydrogens (tertiary/aromatic N) is 2. The highest BCUT2D eigenvalue weighted by atomic mass is 16.1. The molecule has 1 aromatic rings. The molecule has 1 fully saturated rings. The van der Waals surface area contributed by atoms with Crippen molar-refractivity contribution in [3.8, 4) is 0 Å². The first-order chi connectivity index (χ1) is 8.20. The smallest absolute Gasteiger partial charge is 0.209 e. The summed E-state index contributed by atoms with van der Waals surface area (Å²) >= 11 is 0. The Morgan fingerprint density at radius 1 is 1.06 bits per heavy atom. The minimum absolute atomic E-state index is 0.580. The Bertz CT molecular complexity index is 364. The van der Waals surface area contributed by atoms with Crippen LogP contribution in [0.2, 0.25) is 0 Å². The van der Waals surface area contributed by atoms with Crippen molar-refractivity contribution in [3.63, 3.8) is 0 Å². The van der Waals surface area contributed by atoms with Gasteiger partial charge in [-0.05, 0) is 23.6 Å². The molecule has 0 saturated carbocycles. The molecule has 0 atom stereocenters. The zero-order valence-corrected chi connectivity index (χ0v) is 10.6. The summed E-state index contributed by atoms with van der Waals surface area (Å²) in [5.74, 6) is 0.580. The fourth-order valence-electron chi connectivity index (χ4n) is 2.16. The van der Waals surface area contributed by atoms with Gasteiger partial charge in [-0.3, -0.25) is 4.79 Å². The molecule has 3 nitrogen and oxygen atoms in total. The number of anilines is 1. The van der Waals surface area contributed by atoms with E-state index >= 15 is 0 Å². The number of rotatable bonds is 3. The van der Waals surface area contributed by atoms with Gasteiger partial charge in [-0.1, -0.05) is 26.0 Å². The number of amides is 1. The lowest BCUT2D eigenvalue weighted by atomic mass is 10.0. The summed E-state index contributed by atoms with van der Waals surface area (Å²) in [6.45, 7) is 7.93. The quantitative estimate of drug-likeness (QED) is 0.745. The Kier molecular flexibility index (Phi) is 3.67. The van der Waals surface area contributed by atoms with E-state index in [0.717, 1.165) is 32.6 Å². The number of hydrogen-bond acceptors (Lipinski definition) is 2. The first-order valence-corrected chi connectivity index (χ1v) is 6.25. The van der Waals surface area contributed by atoms with E-state index in [1.807, 2.05) is 4.90 Å². The van der Waals surface area contributed by atoms with Crippen molar-refractivity contribution in [2.75, 3.05) is 31.1 Å². The number of benzene rings is 1. The molecule has 1 saturated heterocycles. The van der Waals surface area contributed by atoms with Gasteiger partial charge in [-0.2, -0.15) is 0 Å². The van der Waals surface area contributed by atoms with Gasteiger partial charge < -0.3 is 9.80 Å². The van der Waals surface area contributed by atoms with Crippen molar-refractivity contribution in [2.24, 2.45) is 0 Å². The molecule has 0 bridgehead atoms. The molecule has 17 heavy (non-hydrogen) atoms. The van der Waals surface area contributed by atoms with Crippen molar-refractivity contribution < 1.29 is 4.79 Å². The molecular formula is C14H20N2O. The zero-order chi connectivity index (χ0) is 12.3. The topological polar surface area (TPSA) is 23.6 Å². The van der Waals surface area contributed by atoms with E-state index in [9.17, 15) is 4.79 Å². The maximum atomic E-state index is 10.6. The minimum Gasteiger partial charge on any atom is -0.368 e. The van der Waals surface area contributed by atoms with Gasteiger partial charge in [0, 0.05) is 31.9 Å². The highest BCUT2D eigenvalue weighted by Gasteiger charge is 2.15. The number of piperazine rings is 1. The zero-order valence-electron chi connectivity index (χ0n) is 10.6. The molecule has 0 radical (unpaired) electrons. The molecule has 1 amide bonds. The van der Waals surface area contributed by atoms with Crippen LogP contribution in [0.5, 0.6) is 0 Å². The third-order valence-electron chi connectivity index (χ3n) is 3.39. The second-order valence-electron chi connectivity index (χ2n) is 4.87. The summed E-state index contributed by atoms with van der Waals surface area (Å²) in [4.78, 5) is 14.8. The van der Waals surface area contributed by atoms with Gasteiger partial charge in [0.2, 0.25) is 6.41 Å². The van der Waals surface area contributed by atoms with E-state index < -0.39 is 0 Å². The predicted octanol–water partition coefficient (Wildman–Crippen LogP) is 2.09. The predicted molar refractivity (Wildman–Crippen MR) is 70.4 cm³/mol. The molecule has 3 heteroatoms. The molecular weight excluding hydrogens is 212 g/mol. The lowest BCUT2D eigenvalue weighted by Crippen LogP contribution is -2.45. The van der Waals surface area contributed by atoms with E-state index in [-0.39, 0.29) is 0 Å². The van der Waals surface area contributed by atoms with Gasteiger partial charge in [-0.15, -0.1) is 0 Å². The molecule has 0 N–H and O–H groups in total. The normalized spacial score (nSPS) is 16.4. The third kappa shape index (κ3) is 2.78. The minimum atomic E-state index is 0.580. The first-order valence-electron chi connectivity index (χ1n) is 6.25. The number of carbonyl (C=O) groups is 1. The molecule has 2 rings (SSSR count). The van der Waals surface area contributed by atoms with Crippen molar-refractivity contribution in [1.29, 1.82) is 0 Å². The fourth-order valence-corrected chi connectivity index (χ4v) is 2.16. The van der Waals surface area contributed by atoms with Gasteiger partial charge in [0.05, 0.1) is 0 Å². The summed E-state index contributed by atoms with van der Waals surface area (Å²) in [5.41, 5.74) is 2.64. The van der Waals surface area contributed by atoms with E-state index in [1.54, 1.807) is 0 Å². The van der Waals surface area contributed by atoms with Crippen LogP contribution < -0.4 is 4.90 Å². The number of hydrogen-bond donors (Lipinski definition) is 0. The SMILES string of the molecule is CC(C)c1ccc(N2CCN(C=O)CC2)cc1. The molecule has 1 aliphatic rings.